The van der Waals surface area contributed by atoms with Gasteiger partial charge >= 0.3 is 0 Å². The molecular formula is C15H13NO3S. The van der Waals surface area contributed by atoms with Crippen molar-refractivity contribution in [2.75, 3.05) is 0 Å². The van der Waals surface area contributed by atoms with Gasteiger partial charge in [-0.3, -0.25) is 14.9 Å². The normalized spacial score (nSPS) is 10.3. The summed E-state index contributed by atoms with van der Waals surface area (Å²) < 4.78 is 0. The predicted octanol–water partition coefficient (Wildman–Crippen LogP) is 4.18. The van der Waals surface area contributed by atoms with E-state index in [9.17, 15) is 14.9 Å². The monoisotopic (exact) mass is 287 g/mol. The molecule has 0 atom stereocenters. The lowest BCUT2D eigenvalue weighted by atomic mass is 10.2. The van der Waals surface area contributed by atoms with Crippen LogP contribution in [0.4, 0.5) is 5.69 Å². The Labute approximate surface area is 121 Å². The molecule has 0 unspecified atom stereocenters. The van der Waals surface area contributed by atoms with Crippen LogP contribution in [-0.2, 0) is 0 Å². The molecule has 5 heteroatoms. The molecular weight excluding hydrogens is 274 g/mol. The molecule has 0 heterocycles. The van der Waals surface area contributed by atoms with Crippen LogP contribution in [0.25, 0.3) is 0 Å². The zero-order chi connectivity index (χ0) is 14.7. The Balaban J connectivity index is 2.37. The molecule has 0 aromatic heterocycles. The van der Waals surface area contributed by atoms with Crippen LogP contribution in [0.15, 0.2) is 46.2 Å². The third-order valence-electron chi connectivity index (χ3n) is 2.89. The number of rotatable bonds is 4. The zero-order valence-electron chi connectivity index (χ0n) is 11.1. The molecule has 0 saturated heterocycles. The maximum atomic E-state index is 10.9. The summed E-state index contributed by atoms with van der Waals surface area (Å²) in [7, 11) is 0. The van der Waals surface area contributed by atoms with Crippen LogP contribution in [0.5, 0.6) is 0 Å². The molecule has 0 amide bonds. The molecule has 0 bridgehead atoms. The molecule has 4 nitrogen and oxygen atoms in total. The molecule has 102 valence electrons. The van der Waals surface area contributed by atoms with Crippen LogP contribution in [0.1, 0.15) is 21.5 Å². The van der Waals surface area contributed by atoms with Gasteiger partial charge in [-0.15, -0.1) is 0 Å². The van der Waals surface area contributed by atoms with E-state index in [0.29, 0.717) is 6.29 Å². The number of hydrogen-bond acceptors (Lipinski definition) is 4. The summed E-state index contributed by atoms with van der Waals surface area (Å²) in [6.45, 7) is 4.02. The van der Waals surface area contributed by atoms with Gasteiger partial charge in [-0.05, 0) is 43.2 Å². The number of carbonyl (C=O) groups excluding carboxylic acids is 1. The molecule has 0 radical (unpaired) electrons. The minimum Gasteiger partial charge on any atom is -0.298 e. The van der Waals surface area contributed by atoms with Crippen molar-refractivity contribution in [1.82, 2.24) is 0 Å². The Morgan fingerprint density at radius 2 is 1.90 bits per heavy atom. The summed E-state index contributed by atoms with van der Waals surface area (Å²) >= 11 is 1.50. The van der Waals surface area contributed by atoms with E-state index in [2.05, 4.69) is 6.07 Å². The maximum Gasteiger partial charge on any atom is 0.279 e. The van der Waals surface area contributed by atoms with Gasteiger partial charge in [0.2, 0.25) is 0 Å². The van der Waals surface area contributed by atoms with Crippen LogP contribution in [0.2, 0.25) is 0 Å². The average molecular weight is 287 g/mol. The number of hydrogen-bond donors (Lipinski definition) is 0. The number of nitro groups is 1. The lowest BCUT2D eigenvalue weighted by Gasteiger charge is -2.07. The van der Waals surface area contributed by atoms with Gasteiger partial charge in [-0.1, -0.05) is 23.9 Å². The summed E-state index contributed by atoms with van der Waals surface area (Å²) in [4.78, 5) is 23.1. The van der Waals surface area contributed by atoms with Crippen molar-refractivity contribution in [3.8, 4) is 0 Å². The SMILES string of the molecule is Cc1ccc(C)c(Sc2ccc([N+](=O)[O-])c(C=O)c2)c1. The highest BCUT2D eigenvalue weighted by atomic mass is 32.2. The van der Waals surface area contributed by atoms with E-state index >= 15 is 0 Å². The van der Waals surface area contributed by atoms with E-state index < -0.39 is 4.92 Å². The van der Waals surface area contributed by atoms with Gasteiger partial charge in [-0.25, -0.2) is 0 Å². The van der Waals surface area contributed by atoms with E-state index in [1.807, 2.05) is 26.0 Å². The number of carbonyl (C=O) groups is 1. The Morgan fingerprint density at radius 3 is 2.55 bits per heavy atom. The summed E-state index contributed by atoms with van der Waals surface area (Å²) in [5, 5.41) is 10.8. The predicted molar refractivity (Wildman–Crippen MR) is 78.5 cm³/mol. The van der Waals surface area contributed by atoms with Gasteiger partial charge in [0.25, 0.3) is 5.69 Å². The molecule has 0 saturated carbocycles. The van der Waals surface area contributed by atoms with Crippen molar-refractivity contribution < 1.29 is 9.72 Å². The minimum atomic E-state index is -0.546. The lowest BCUT2D eigenvalue weighted by molar-refractivity contribution is -0.385. The van der Waals surface area contributed by atoms with Gasteiger partial charge in [-0.2, -0.15) is 0 Å². The smallest absolute Gasteiger partial charge is 0.279 e. The van der Waals surface area contributed by atoms with Gasteiger partial charge in [0, 0.05) is 15.9 Å². The Morgan fingerprint density at radius 1 is 1.15 bits per heavy atom. The van der Waals surface area contributed by atoms with Crippen molar-refractivity contribution in [2.45, 2.75) is 23.6 Å². The van der Waals surface area contributed by atoms with Gasteiger partial charge in [0.05, 0.1) is 10.5 Å². The average Bonchev–Trinajstić information content (AvgIpc) is 2.42. The molecule has 2 rings (SSSR count). The molecule has 0 fully saturated rings. The van der Waals surface area contributed by atoms with Crippen LogP contribution in [-0.4, -0.2) is 11.2 Å². The molecule has 2 aromatic rings. The highest BCUT2D eigenvalue weighted by Gasteiger charge is 2.14. The second kappa shape index (κ2) is 5.88. The molecule has 0 spiro atoms. The molecule has 20 heavy (non-hydrogen) atoms. The van der Waals surface area contributed by atoms with Crippen LogP contribution < -0.4 is 0 Å². The zero-order valence-corrected chi connectivity index (χ0v) is 11.9. The molecule has 2 aromatic carbocycles. The highest BCUT2D eigenvalue weighted by molar-refractivity contribution is 7.99. The summed E-state index contributed by atoms with van der Waals surface area (Å²) in [5.74, 6) is 0. The van der Waals surface area contributed by atoms with E-state index in [1.54, 1.807) is 12.1 Å². The van der Waals surface area contributed by atoms with Crippen molar-refractivity contribution in [3.63, 3.8) is 0 Å². The fraction of sp³-hybridized carbons (Fsp3) is 0.133. The maximum absolute atomic E-state index is 10.9. The van der Waals surface area contributed by atoms with E-state index in [0.717, 1.165) is 20.9 Å². The number of aldehydes is 1. The van der Waals surface area contributed by atoms with Crippen molar-refractivity contribution in [2.24, 2.45) is 0 Å². The second-order valence-electron chi connectivity index (χ2n) is 4.47. The van der Waals surface area contributed by atoms with Crippen molar-refractivity contribution in [1.29, 1.82) is 0 Å². The van der Waals surface area contributed by atoms with Crippen LogP contribution in [0, 0.1) is 24.0 Å². The lowest BCUT2D eigenvalue weighted by Crippen LogP contribution is -1.94. The van der Waals surface area contributed by atoms with Gasteiger partial charge < -0.3 is 0 Å². The molecule has 0 aliphatic rings. The highest BCUT2D eigenvalue weighted by Crippen LogP contribution is 2.33. The van der Waals surface area contributed by atoms with Crippen molar-refractivity contribution in [3.05, 3.63) is 63.2 Å². The first-order chi connectivity index (χ1) is 9.51. The first kappa shape index (κ1) is 14.3. The minimum absolute atomic E-state index is 0.102. The second-order valence-corrected chi connectivity index (χ2v) is 5.58. The quantitative estimate of drug-likeness (QED) is 0.481. The number of benzene rings is 2. The molecule has 0 aliphatic carbocycles. The standard InChI is InChI=1S/C15H13NO3S/c1-10-3-4-11(2)15(7-10)20-13-5-6-14(16(18)19)12(8-13)9-17/h3-9H,1-2H3. The topological polar surface area (TPSA) is 60.2 Å². The van der Waals surface area contributed by atoms with E-state index in [-0.39, 0.29) is 11.3 Å². The van der Waals surface area contributed by atoms with E-state index in [1.165, 1.54) is 17.8 Å². The largest absolute Gasteiger partial charge is 0.298 e. The molecule has 0 aliphatic heterocycles. The first-order valence-corrected chi connectivity index (χ1v) is 6.81. The third kappa shape index (κ3) is 3.05. The van der Waals surface area contributed by atoms with Crippen LogP contribution in [0.3, 0.4) is 0 Å². The van der Waals surface area contributed by atoms with Gasteiger partial charge in [0.1, 0.15) is 0 Å². The number of nitrogens with zero attached hydrogens (tertiary/aromatic N) is 1. The van der Waals surface area contributed by atoms with Crippen molar-refractivity contribution >= 4 is 23.7 Å². The number of aryl methyl sites for hydroxylation is 2. The summed E-state index contributed by atoms with van der Waals surface area (Å²) in [6.07, 6.45) is 0.519. The molecule has 0 N–H and O–H groups in total. The fourth-order valence-corrected chi connectivity index (χ4v) is 2.85. The third-order valence-corrected chi connectivity index (χ3v) is 4.04. The Hall–Kier alpha value is -2.14. The van der Waals surface area contributed by atoms with Crippen LogP contribution >= 0.6 is 11.8 Å². The Bertz CT molecular complexity index is 683. The van der Waals surface area contributed by atoms with E-state index in [4.69, 9.17) is 0 Å². The van der Waals surface area contributed by atoms with Gasteiger partial charge in [0.15, 0.2) is 6.29 Å². The fourth-order valence-electron chi connectivity index (χ4n) is 1.80. The first-order valence-electron chi connectivity index (χ1n) is 6.00. The Kier molecular flexibility index (Phi) is 4.20. The number of nitro benzene ring substituents is 1. The summed E-state index contributed by atoms with van der Waals surface area (Å²) in [6, 6.07) is 10.7. The summed E-state index contributed by atoms with van der Waals surface area (Å²) in [5.41, 5.74) is 2.22.